The number of benzene rings is 2. The molecule has 6 rings (SSSR count). The van der Waals surface area contributed by atoms with Crippen LogP contribution >= 0.6 is 0 Å². The zero-order valence-corrected chi connectivity index (χ0v) is 24.5. The molecule has 0 unspecified atom stereocenters. The molecule has 1 aliphatic heterocycles. The third kappa shape index (κ3) is 6.71. The van der Waals surface area contributed by atoms with Crippen LogP contribution < -0.4 is 14.8 Å². The van der Waals surface area contributed by atoms with Gasteiger partial charge >= 0.3 is 6.18 Å². The van der Waals surface area contributed by atoms with E-state index in [-0.39, 0.29) is 36.4 Å². The van der Waals surface area contributed by atoms with E-state index in [4.69, 9.17) is 18.7 Å². The number of ether oxygens (including phenoxy) is 3. The summed E-state index contributed by atoms with van der Waals surface area (Å²) >= 11 is 0. The summed E-state index contributed by atoms with van der Waals surface area (Å²) in [4.78, 5) is 24.0. The van der Waals surface area contributed by atoms with Crippen LogP contribution in [0.25, 0.3) is 22.3 Å². The number of carbonyl (C=O) groups excluding carboxylic acids is 1. The topological polar surface area (TPSA) is 112 Å². The Hall–Kier alpha value is -4.30. The van der Waals surface area contributed by atoms with Crippen LogP contribution in [0.3, 0.4) is 0 Å². The molecule has 2 aliphatic rings. The third-order valence-corrected chi connectivity index (χ3v) is 8.05. The number of anilines is 1. The van der Waals surface area contributed by atoms with Gasteiger partial charge in [-0.2, -0.15) is 13.2 Å². The molecular weight excluding hydrogens is 598 g/mol. The molecule has 3 heterocycles. The molecule has 4 aromatic rings. The van der Waals surface area contributed by atoms with Crippen molar-refractivity contribution in [3.05, 3.63) is 59.7 Å². The predicted molar refractivity (Wildman–Crippen MR) is 155 cm³/mol. The number of amides is 1. The van der Waals surface area contributed by atoms with Crippen molar-refractivity contribution in [1.29, 1.82) is 0 Å². The van der Waals surface area contributed by atoms with E-state index in [0.29, 0.717) is 40.4 Å². The number of methoxy groups -OCH3 is 1. The Morgan fingerprint density at radius 3 is 2.58 bits per heavy atom. The Kier molecular flexibility index (Phi) is 8.60. The number of morpholine rings is 1. The fraction of sp³-hybridized carbons (Fsp3) is 0.419. The maximum atomic E-state index is 15.1. The number of rotatable bonds is 11. The van der Waals surface area contributed by atoms with Crippen molar-refractivity contribution < 1.29 is 41.1 Å². The standard InChI is InChI=1S/C31H31F4N5O5/c1-42-25-15-22-23(16-26(25)44-10-2-7-40-8-11-43-12-9-40)37-24(18-36-22)20-4-3-19(21(32)13-20)14-29(41)38-28-17-27(45-39-28)30(5-6-30)31(33,34)35/h3-4,13,15-18H,2,5-12,14H2,1H3,(H,38,39,41). The summed E-state index contributed by atoms with van der Waals surface area (Å²) in [6.07, 6.45) is -2.70. The molecule has 238 valence electrons. The Morgan fingerprint density at radius 2 is 1.87 bits per heavy atom. The van der Waals surface area contributed by atoms with Crippen molar-refractivity contribution in [1.82, 2.24) is 20.0 Å². The number of carbonyl (C=O) groups is 1. The van der Waals surface area contributed by atoms with Crippen molar-refractivity contribution >= 4 is 22.8 Å². The normalized spacial score (nSPS) is 16.5. The lowest BCUT2D eigenvalue weighted by Gasteiger charge is -2.26. The van der Waals surface area contributed by atoms with Gasteiger partial charge < -0.3 is 24.1 Å². The third-order valence-electron chi connectivity index (χ3n) is 8.05. The number of halogens is 4. The monoisotopic (exact) mass is 629 g/mol. The quantitative estimate of drug-likeness (QED) is 0.174. The average Bonchev–Trinajstić information content (AvgIpc) is 3.73. The van der Waals surface area contributed by atoms with Crippen LogP contribution in [0.2, 0.25) is 0 Å². The second kappa shape index (κ2) is 12.6. The summed E-state index contributed by atoms with van der Waals surface area (Å²) in [5, 5.41) is 5.91. The smallest absolute Gasteiger partial charge is 0.401 e. The molecule has 1 aliphatic carbocycles. The number of nitrogens with zero attached hydrogens (tertiary/aromatic N) is 4. The Balaban J connectivity index is 1.10. The Labute approximate surface area is 255 Å². The van der Waals surface area contributed by atoms with Gasteiger partial charge in [-0.05, 0) is 30.9 Å². The zero-order chi connectivity index (χ0) is 31.6. The fourth-order valence-corrected chi connectivity index (χ4v) is 5.29. The lowest BCUT2D eigenvalue weighted by Crippen LogP contribution is -2.37. The van der Waals surface area contributed by atoms with Gasteiger partial charge in [0.1, 0.15) is 11.2 Å². The van der Waals surface area contributed by atoms with Crippen molar-refractivity contribution in [2.24, 2.45) is 0 Å². The van der Waals surface area contributed by atoms with Crippen molar-refractivity contribution in [3.63, 3.8) is 0 Å². The highest BCUT2D eigenvalue weighted by atomic mass is 19.4. The molecule has 10 nitrogen and oxygen atoms in total. The van der Waals surface area contributed by atoms with Gasteiger partial charge in [0, 0.05) is 43.4 Å². The first-order valence-corrected chi connectivity index (χ1v) is 14.6. The van der Waals surface area contributed by atoms with Gasteiger partial charge in [0.05, 0.1) is 56.3 Å². The van der Waals surface area contributed by atoms with Gasteiger partial charge in [0.15, 0.2) is 23.1 Å². The van der Waals surface area contributed by atoms with Crippen LogP contribution in [0.1, 0.15) is 30.6 Å². The van der Waals surface area contributed by atoms with E-state index in [1.165, 1.54) is 18.3 Å². The van der Waals surface area contributed by atoms with Crippen molar-refractivity contribution in [2.75, 3.05) is 51.9 Å². The summed E-state index contributed by atoms with van der Waals surface area (Å²) in [5.41, 5.74) is -0.0113. The minimum absolute atomic E-state index is 0.0835. The molecule has 0 radical (unpaired) electrons. The molecule has 1 N–H and O–H groups in total. The molecule has 1 saturated carbocycles. The minimum Gasteiger partial charge on any atom is -0.493 e. The van der Waals surface area contributed by atoms with E-state index < -0.39 is 23.3 Å². The molecule has 45 heavy (non-hydrogen) atoms. The SMILES string of the molecule is COc1cc2ncc(-c3ccc(CC(=O)Nc4cc(C5(C(F)(F)F)CC5)on4)c(F)c3)nc2cc1OCCCN1CCOCC1. The lowest BCUT2D eigenvalue weighted by atomic mass is 10.0. The predicted octanol–water partition coefficient (Wildman–Crippen LogP) is 5.31. The maximum Gasteiger partial charge on any atom is 0.401 e. The number of fused-ring (bicyclic) bond motifs is 1. The second-order valence-corrected chi connectivity index (χ2v) is 11.1. The summed E-state index contributed by atoms with van der Waals surface area (Å²) < 4.78 is 76.8. The molecule has 14 heteroatoms. The molecule has 2 aromatic heterocycles. The van der Waals surface area contributed by atoms with Crippen LogP contribution in [0, 0.1) is 5.82 Å². The highest BCUT2D eigenvalue weighted by molar-refractivity contribution is 5.91. The number of hydrogen-bond acceptors (Lipinski definition) is 9. The first-order chi connectivity index (χ1) is 21.6. The number of nitrogens with one attached hydrogen (secondary N) is 1. The summed E-state index contributed by atoms with van der Waals surface area (Å²) in [7, 11) is 1.55. The molecule has 1 saturated heterocycles. The fourth-order valence-electron chi connectivity index (χ4n) is 5.29. The molecule has 2 aromatic carbocycles. The zero-order valence-electron chi connectivity index (χ0n) is 24.5. The minimum atomic E-state index is -4.47. The molecule has 0 bridgehead atoms. The molecular formula is C31H31F4N5O5. The summed E-state index contributed by atoms with van der Waals surface area (Å²) in [5.74, 6) is -0.771. The molecule has 2 fully saturated rings. The van der Waals surface area contributed by atoms with Gasteiger partial charge in [-0.3, -0.25) is 14.7 Å². The van der Waals surface area contributed by atoms with Crippen molar-refractivity contribution in [2.45, 2.75) is 37.3 Å². The number of alkyl halides is 3. The van der Waals surface area contributed by atoms with Crippen LogP contribution in [0.15, 0.2) is 47.1 Å². The number of hydrogen-bond donors (Lipinski definition) is 1. The van der Waals surface area contributed by atoms with Crippen molar-refractivity contribution in [3.8, 4) is 22.8 Å². The lowest BCUT2D eigenvalue weighted by molar-refractivity contribution is -0.165. The summed E-state index contributed by atoms with van der Waals surface area (Å²) in [6.45, 7) is 4.68. The van der Waals surface area contributed by atoms with Gasteiger partial charge in [0.25, 0.3) is 0 Å². The van der Waals surface area contributed by atoms with E-state index in [0.717, 1.165) is 45.3 Å². The largest absolute Gasteiger partial charge is 0.493 e. The van der Waals surface area contributed by atoms with Crippen LogP contribution in [-0.4, -0.2) is 78.7 Å². The Bertz CT molecular complexity index is 1680. The van der Waals surface area contributed by atoms with E-state index in [9.17, 15) is 18.0 Å². The second-order valence-electron chi connectivity index (χ2n) is 11.1. The van der Waals surface area contributed by atoms with Crippen LogP contribution in [0.4, 0.5) is 23.4 Å². The molecule has 0 spiro atoms. The first kappa shape index (κ1) is 30.7. The highest BCUT2D eigenvalue weighted by Crippen LogP contribution is 2.59. The Morgan fingerprint density at radius 1 is 1.09 bits per heavy atom. The van der Waals surface area contributed by atoms with Gasteiger partial charge in [-0.25, -0.2) is 9.37 Å². The maximum absolute atomic E-state index is 15.1. The molecule has 0 atom stereocenters. The van der Waals surface area contributed by atoms with Gasteiger partial charge in [-0.1, -0.05) is 17.3 Å². The van der Waals surface area contributed by atoms with Gasteiger partial charge in [-0.15, -0.1) is 0 Å². The van der Waals surface area contributed by atoms with Gasteiger partial charge in [0.2, 0.25) is 5.91 Å². The molecule has 1 amide bonds. The number of aromatic nitrogens is 3. The van der Waals surface area contributed by atoms with E-state index in [1.54, 1.807) is 25.3 Å². The van der Waals surface area contributed by atoms with E-state index in [2.05, 4.69) is 25.3 Å². The van der Waals surface area contributed by atoms with E-state index >= 15 is 4.39 Å². The van der Waals surface area contributed by atoms with Crippen LogP contribution in [0.5, 0.6) is 11.5 Å². The van der Waals surface area contributed by atoms with Crippen LogP contribution in [-0.2, 0) is 21.4 Å². The first-order valence-electron chi connectivity index (χ1n) is 14.6. The summed E-state index contributed by atoms with van der Waals surface area (Å²) in [6, 6.07) is 8.85. The van der Waals surface area contributed by atoms with E-state index in [1.807, 2.05) is 0 Å². The highest BCUT2D eigenvalue weighted by Gasteiger charge is 2.66. The average molecular weight is 630 g/mol.